The Bertz CT molecular complexity index is 1850. The van der Waals surface area contributed by atoms with E-state index in [1.54, 1.807) is 6.07 Å². The van der Waals surface area contributed by atoms with E-state index in [4.69, 9.17) is 27.9 Å². The Labute approximate surface area is 262 Å². The van der Waals surface area contributed by atoms with Gasteiger partial charge in [0.05, 0.1) is 12.3 Å². The molecule has 44 heavy (non-hydrogen) atoms. The van der Waals surface area contributed by atoms with Crippen molar-refractivity contribution in [2.24, 2.45) is 0 Å². The number of piperidine rings is 1. The van der Waals surface area contributed by atoms with Gasteiger partial charge in [0, 0.05) is 39.2 Å². The first-order valence-electron chi connectivity index (χ1n) is 13.3. The molecule has 3 aromatic rings. The zero-order valence-corrected chi connectivity index (χ0v) is 26.2. The number of ether oxygens (including phenoxy) is 1. The van der Waals surface area contributed by atoms with Crippen LogP contribution in [-0.4, -0.2) is 38.0 Å². The van der Waals surface area contributed by atoms with E-state index < -0.39 is 62.4 Å². The SMILES string of the molecule is Cc1ccc(F)c(F)c1C1NC(=O)CC(c2cc(Cl)ccc2OC(C)(C)C(=O)NS(C)(=O)=O)C12C(=O)Nc1cc(Cl)ccc12. The number of anilines is 1. The summed E-state index contributed by atoms with van der Waals surface area (Å²) < 4.78 is 61.9. The zero-order valence-electron chi connectivity index (χ0n) is 23.9. The predicted molar refractivity (Wildman–Crippen MR) is 160 cm³/mol. The number of hydrogen-bond donors (Lipinski definition) is 3. The van der Waals surface area contributed by atoms with Crippen LogP contribution in [0, 0.1) is 18.6 Å². The molecule has 0 saturated carbocycles. The van der Waals surface area contributed by atoms with Gasteiger partial charge >= 0.3 is 0 Å². The fraction of sp³-hybridized carbons (Fsp3) is 0.300. The normalized spacial score (nSPS) is 21.5. The van der Waals surface area contributed by atoms with Gasteiger partial charge in [0.2, 0.25) is 21.8 Å². The number of benzene rings is 3. The minimum atomic E-state index is -3.94. The van der Waals surface area contributed by atoms with Gasteiger partial charge in [-0.25, -0.2) is 21.9 Å². The van der Waals surface area contributed by atoms with Crippen LogP contribution in [0.15, 0.2) is 48.5 Å². The molecule has 14 heteroatoms. The molecule has 0 radical (unpaired) electrons. The molecule has 3 amide bonds. The molecule has 3 N–H and O–H groups in total. The number of aryl methyl sites for hydroxylation is 1. The van der Waals surface area contributed by atoms with E-state index >= 15 is 4.39 Å². The maximum atomic E-state index is 15.7. The average molecular weight is 667 g/mol. The number of carbonyl (C=O) groups excluding carboxylic acids is 3. The van der Waals surface area contributed by atoms with Crippen molar-refractivity contribution in [1.29, 1.82) is 0 Å². The summed E-state index contributed by atoms with van der Waals surface area (Å²) in [6, 6.07) is 9.85. The highest BCUT2D eigenvalue weighted by atomic mass is 35.5. The molecule has 3 unspecified atom stereocenters. The van der Waals surface area contributed by atoms with E-state index in [2.05, 4.69) is 10.6 Å². The van der Waals surface area contributed by atoms with Crippen molar-refractivity contribution in [3.63, 3.8) is 0 Å². The van der Waals surface area contributed by atoms with Gasteiger partial charge in [0.1, 0.15) is 11.2 Å². The Morgan fingerprint density at radius 2 is 1.73 bits per heavy atom. The molecule has 1 fully saturated rings. The van der Waals surface area contributed by atoms with Crippen molar-refractivity contribution in [2.75, 3.05) is 11.6 Å². The van der Waals surface area contributed by atoms with Gasteiger partial charge in [-0.05, 0) is 68.3 Å². The Morgan fingerprint density at radius 3 is 2.41 bits per heavy atom. The van der Waals surface area contributed by atoms with Crippen LogP contribution in [0.5, 0.6) is 5.75 Å². The largest absolute Gasteiger partial charge is 0.478 e. The van der Waals surface area contributed by atoms with Crippen LogP contribution in [0.3, 0.4) is 0 Å². The fourth-order valence-electron chi connectivity index (χ4n) is 6.01. The maximum Gasteiger partial charge on any atom is 0.277 e. The second kappa shape index (κ2) is 11.0. The number of nitrogens with one attached hydrogen (secondary N) is 3. The van der Waals surface area contributed by atoms with Gasteiger partial charge in [-0.2, -0.15) is 0 Å². The van der Waals surface area contributed by atoms with Gasteiger partial charge in [0.15, 0.2) is 17.2 Å². The minimum absolute atomic E-state index is 0.00697. The molecule has 232 valence electrons. The third kappa shape index (κ3) is 5.39. The number of fused-ring (bicyclic) bond motifs is 2. The van der Waals surface area contributed by atoms with Gasteiger partial charge in [0.25, 0.3) is 5.91 Å². The van der Waals surface area contributed by atoms with Crippen LogP contribution in [0.25, 0.3) is 0 Å². The monoisotopic (exact) mass is 665 g/mol. The lowest BCUT2D eigenvalue weighted by Crippen LogP contribution is -2.57. The Morgan fingerprint density at radius 1 is 1.07 bits per heavy atom. The second-order valence-electron chi connectivity index (χ2n) is 11.4. The molecule has 2 heterocycles. The number of carbonyl (C=O) groups is 3. The first kappa shape index (κ1) is 31.7. The molecule has 9 nitrogen and oxygen atoms in total. The quantitative estimate of drug-likeness (QED) is 0.338. The van der Waals surface area contributed by atoms with Crippen molar-refractivity contribution < 1.29 is 36.3 Å². The second-order valence-corrected chi connectivity index (χ2v) is 14.0. The summed E-state index contributed by atoms with van der Waals surface area (Å²) in [5, 5.41) is 6.02. The highest BCUT2D eigenvalue weighted by Crippen LogP contribution is 2.59. The number of rotatable bonds is 6. The van der Waals surface area contributed by atoms with E-state index in [0.29, 0.717) is 16.3 Å². The molecule has 5 rings (SSSR count). The van der Waals surface area contributed by atoms with Gasteiger partial charge in [-0.15, -0.1) is 0 Å². The first-order valence-corrected chi connectivity index (χ1v) is 16.0. The Kier molecular flexibility index (Phi) is 7.92. The summed E-state index contributed by atoms with van der Waals surface area (Å²) >= 11 is 12.7. The average Bonchev–Trinajstić information content (AvgIpc) is 3.19. The summed E-state index contributed by atoms with van der Waals surface area (Å²) in [6.45, 7) is 4.21. The van der Waals surface area contributed by atoms with E-state index in [1.165, 1.54) is 57.2 Å². The zero-order chi connectivity index (χ0) is 32.4. The summed E-state index contributed by atoms with van der Waals surface area (Å²) in [7, 11) is -3.94. The number of amides is 3. The van der Waals surface area contributed by atoms with Gasteiger partial charge in [-0.3, -0.25) is 14.4 Å². The molecule has 0 aromatic heterocycles. The molecule has 3 aromatic carbocycles. The van der Waals surface area contributed by atoms with Gasteiger partial charge in [-0.1, -0.05) is 35.3 Å². The number of halogens is 4. The van der Waals surface area contributed by atoms with E-state index in [-0.39, 0.29) is 33.9 Å². The summed E-state index contributed by atoms with van der Waals surface area (Å²) in [6.07, 6.45) is 0.490. The highest BCUT2D eigenvalue weighted by molar-refractivity contribution is 7.89. The lowest BCUT2D eigenvalue weighted by molar-refractivity contribution is -0.133. The van der Waals surface area contributed by atoms with Crippen LogP contribution in [-0.2, 0) is 29.8 Å². The molecule has 3 atom stereocenters. The minimum Gasteiger partial charge on any atom is -0.478 e. The molecule has 0 aliphatic carbocycles. The van der Waals surface area contributed by atoms with E-state index in [0.717, 1.165) is 12.3 Å². The van der Waals surface area contributed by atoms with Crippen LogP contribution in [0.1, 0.15) is 54.5 Å². The number of sulfonamides is 1. The highest BCUT2D eigenvalue weighted by Gasteiger charge is 2.62. The third-order valence-corrected chi connectivity index (χ3v) is 8.95. The van der Waals surface area contributed by atoms with Crippen LogP contribution >= 0.6 is 23.2 Å². The summed E-state index contributed by atoms with van der Waals surface area (Å²) in [5.74, 6) is -5.70. The van der Waals surface area contributed by atoms with Crippen LogP contribution < -0.4 is 20.1 Å². The molecule has 1 saturated heterocycles. The predicted octanol–water partition coefficient (Wildman–Crippen LogP) is 5.05. The maximum absolute atomic E-state index is 15.7. The smallest absolute Gasteiger partial charge is 0.277 e. The fourth-order valence-corrected chi connectivity index (χ4v) is 6.95. The third-order valence-electron chi connectivity index (χ3n) is 7.93. The van der Waals surface area contributed by atoms with Crippen LogP contribution in [0.4, 0.5) is 14.5 Å². The molecule has 2 aliphatic heterocycles. The van der Waals surface area contributed by atoms with Crippen LogP contribution in [0.2, 0.25) is 10.0 Å². The summed E-state index contributed by atoms with van der Waals surface area (Å²) in [4.78, 5) is 40.6. The standard InChI is InChI=1S/C30H27Cl2F2N3O6S/c1-14-5-9-20(33)25(34)24(14)26-30(18-8-6-16(32)12-21(18)35-28(30)40)19(13-23(38)36-26)17-11-15(31)7-10-22(17)43-29(2,3)27(39)37-44(4,41)42/h5-12,19,26H,13H2,1-4H3,(H,35,40)(H,36,38)(H,37,39). The topological polar surface area (TPSA) is 131 Å². The van der Waals surface area contributed by atoms with Crippen molar-refractivity contribution in [3.8, 4) is 5.75 Å². The van der Waals surface area contributed by atoms with Gasteiger partial charge < -0.3 is 15.4 Å². The molecular formula is C30H27Cl2F2N3O6S. The molecule has 0 bridgehead atoms. The lowest BCUT2D eigenvalue weighted by atomic mass is 9.58. The lowest BCUT2D eigenvalue weighted by Gasteiger charge is -2.47. The Hall–Kier alpha value is -3.74. The molecule has 2 aliphatic rings. The first-order chi connectivity index (χ1) is 20.5. The van der Waals surface area contributed by atoms with Crippen molar-refractivity contribution in [1.82, 2.24) is 10.0 Å². The van der Waals surface area contributed by atoms with E-state index in [9.17, 15) is 27.2 Å². The van der Waals surface area contributed by atoms with Crippen molar-refractivity contribution >= 4 is 56.6 Å². The molecule has 1 spiro atoms. The van der Waals surface area contributed by atoms with E-state index in [1.807, 2.05) is 4.72 Å². The summed E-state index contributed by atoms with van der Waals surface area (Å²) in [5.41, 5.74) is -2.65. The van der Waals surface area contributed by atoms with Crippen molar-refractivity contribution in [3.05, 3.63) is 92.5 Å². The Balaban J connectivity index is 1.78. The number of hydrogen-bond acceptors (Lipinski definition) is 6. The molecular weight excluding hydrogens is 639 g/mol. The van der Waals surface area contributed by atoms with Crippen molar-refractivity contribution in [2.45, 2.75) is 50.2 Å².